The lowest BCUT2D eigenvalue weighted by Crippen LogP contribution is -2.02. The first-order valence-electron chi connectivity index (χ1n) is 6.52. The Morgan fingerprint density at radius 1 is 1.41 bits per heavy atom. The quantitative estimate of drug-likeness (QED) is 0.207. The van der Waals surface area contributed by atoms with Gasteiger partial charge in [0.2, 0.25) is 0 Å². The van der Waals surface area contributed by atoms with Crippen LogP contribution in [0.3, 0.4) is 0 Å². The summed E-state index contributed by atoms with van der Waals surface area (Å²) in [6.07, 6.45) is 3.19. The molecule has 128 valence electrons. The summed E-state index contributed by atoms with van der Waals surface area (Å²) in [5.41, 5.74) is 0.540. The van der Waals surface area contributed by atoms with Gasteiger partial charge in [0.05, 0.1) is 13.0 Å². The Morgan fingerprint density at radius 2 is 2.05 bits per heavy atom. The summed E-state index contributed by atoms with van der Waals surface area (Å²) >= 11 is 0. The lowest BCUT2D eigenvalue weighted by atomic mass is 10.0. The van der Waals surface area contributed by atoms with Gasteiger partial charge in [-0.05, 0) is 29.7 Å². The molecular weight excluding hydrogens is 338 g/mol. The molecule has 0 saturated carbocycles. The smallest absolute Gasteiger partial charge is 0.481 e. The average Bonchev–Trinajstić information content (AvgIpc) is 2.37. The Bertz CT molecular complexity index is 447. The molecule has 0 aromatic rings. The number of carboxylic acid groups (broad SMARTS) is 1. The maximum Gasteiger partial charge on any atom is 0.635 e. The summed E-state index contributed by atoms with van der Waals surface area (Å²) < 4.78 is 30.9. The third kappa shape index (κ3) is 9.38. The van der Waals surface area contributed by atoms with Crippen LogP contribution < -0.4 is 0 Å². The summed E-state index contributed by atoms with van der Waals surface area (Å²) in [5, 5.41) is 20.0. The van der Waals surface area contributed by atoms with Crippen molar-refractivity contribution in [1.29, 1.82) is 0 Å². The standard InChI is InChI=1S/C11H20O9P2/c1-9(2)4-3-5-10(8-11(12)13)6-7-18-22(17,20-19-14)21(15)16/h5,9H,3-4,6-8H2,1-2H3,(H2-,12,13,14,15,16)/p+1/b10-5-. The van der Waals surface area contributed by atoms with E-state index in [1.165, 1.54) is 0 Å². The second-order valence-electron chi connectivity index (χ2n) is 4.86. The van der Waals surface area contributed by atoms with E-state index in [2.05, 4.69) is 14.2 Å². The molecule has 0 fully saturated rings. The monoisotopic (exact) mass is 359 g/mol. The van der Waals surface area contributed by atoms with Gasteiger partial charge in [-0.25, -0.2) is 9.82 Å². The van der Waals surface area contributed by atoms with Crippen molar-refractivity contribution >= 4 is 21.0 Å². The fourth-order valence-electron chi connectivity index (χ4n) is 1.51. The molecule has 0 aromatic carbocycles. The van der Waals surface area contributed by atoms with Gasteiger partial charge in [0.25, 0.3) is 0 Å². The van der Waals surface area contributed by atoms with Gasteiger partial charge in [-0.3, -0.25) is 9.32 Å². The number of hydrogen-bond acceptors (Lipinski definition) is 7. The molecule has 0 bridgehead atoms. The van der Waals surface area contributed by atoms with Gasteiger partial charge in [0.1, 0.15) is 0 Å². The van der Waals surface area contributed by atoms with Crippen molar-refractivity contribution < 1.29 is 43.4 Å². The van der Waals surface area contributed by atoms with E-state index in [9.17, 15) is 13.9 Å². The number of carboxylic acids is 1. The fourth-order valence-corrected chi connectivity index (χ4v) is 2.92. The highest BCUT2D eigenvalue weighted by Crippen LogP contribution is 2.68. The Labute approximate surface area is 129 Å². The van der Waals surface area contributed by atoms with Crippen molar-refractivity contribution in [1.82, 2.24) is 0 Å². The minimum absolute atomic E-state index is 0.0896. The number of carbonyl (C=O) groups is 1. The second kappa shape index (κ2) is 11.0. The molecule has 0 saturated heterocycles. The Balaban J connectivity index is 4.58. The molecule has 0 aliphatic carbocycles. The molecule has 0 aromatic heterocycles. The molecule has 0 spiro atoms. The predicted molar refractivity (Wildman–Crippen MR) is 77.2 cm³/mol. The van der Waals surface area contributed by atoms with Gasteiger partial charge in [-0.15, -0.1) is 0 Å². The second-order valence-corrected chi connectivity index (χ2v) is 9.20. The van der Waals surface area contributed by atoms with E-state index in [1.54, 1.807) is 6.08 Å². The molecular formula is C11H21O9P2+. The van der Waals surface area contributed by atoms with Crippen LogP contribution in [0.5, 0.6) is 0 Å². The van der Waals surface area contributed by atoms with Crippen molar-refractivity contribution in [2.75, 3.05) is 6.61 Å². The lowest BCUT2D eigenvalue weighted by Gasteiger charge is -2.07. The molecule has 0 rings (SSSR count). The van der Waals surface area contributed by atoms with Gasteiger partial charge in [-0.1, -0.05) is 35.2 Å². The maximum atomic E-state index is 11.6. The Hall–Kier alpha value is -0.660. The van der Waals surface area contributed by atoms with Gasteiger partial charge < -0.3 is 5.11 Å². The third-order valence-corrected chi connectivity index (χ3v) is 5.56. The Kier molecular flexibility index (Phi) is 10.6. The highest BCUT2D eigenvalue weighted by molar-refractivity contribution is 8.20. The minimum atomic E-state index is -4.51. The molecule has 0 heterocycles. The fraction of sp³-hybridized carbons (Fsp3) is 0.727. The zero-order valence-corrected chi connectivity index (χ0v) is 14.2. The molecule has 9 nitrogen and oxygen atoms in total. The van der Waals surface area contributed by atoms with Crippen LogP contribution in [-0.4, -0.2) is 27.8 Å². The van der Waals surface area contributed by atoms with Crippen molar-refractivity contribution in [3.8, 4) is 0 Å². The van der Waals surface area contributed by atoms with E-state index in [-0.39, 0.29) is 19.4 Å². The topological polar surface area (TPSA) is 140 Å². The molecule has 0 aliphatic rings. The zero-order valence-electron chi connectivity index (χ0n) is 12.4. The van der Waals surface area contributed by atoms with Crippen LogP contribution in [0.15, 0.2) is 11.6 Å². The Morgan fingerprint density at radius 3 is 2.50 bits per heavy atom. The van der Waals surface area contributed by atoms with Crippen molar-refractivity contribution in [3.63, 3.8) is 0 Å². The summed E-state index contributed by atoms with van der Waals surface area (Å²) in [7, 11) is -7.88. The summed E-state index contributed by atoms with van der Waals surface area (Å²) in [6.45, 7) is 3.76. The van der Waals surface area contributed by atoms with E-state index in [1.807, 2.05) is 13.8 Å². The molecule has 2 atom stereocenters. The van der Waals surface area contributed by atoms with Gasteiger partial charge >= 0.3 is 21.0 Å². The zero-order chi connectivity index (χ0) is 17.2. The average molecular weight is 359 g/mol. The van der Waals surface area contributed by atoms with Crippen LogP contribution in [0.4, 0.5) is 0 Å². The van der Waals surface area contributed by atoms with Gasteiger partial charge in [0, 0.05) is 0 Å². The highest BCUT2D eigenvalue weighted by Gasteiger charge is 2.51. The van der Waals surface area contributed by atoms with Crippen LogP contribution in [0.2, 0.25) is 0 Å². The van der Waals surface area contributed by atoms with E-state index in [0.29, 0.717) is 17.9 Å². The van der Waals surface area contributed by atoms with Crippen LogP contribution in [0.1, 0.15) is 39.5 Å². The first-order valence-corrected chi connectivity index (χ1v) is 9.98. The number of allylic oxidation sites excluding steroid dienone is 1. The third-order valence-electron chi connectivity index (χ3n) is 2.57. The summed E-state index contributed by atoms with van der Waals surface area (Å²) in [6, 6.07) is 0. The van der Waals surface area contributed by atoms with E-state index in [4.69, 9.17) is 15.3 Å². The summed E-state index contributed by atoms with van der Waals surface area (Å²) in [4.78, 5) is 19.6. The van der Waals surface area contributed by atoms with Crippen molar-refractivity contribution in [2.45, 2.75) is 39.5 Å². The molecule has 0 radical (unpaired) electrons. The largest absolute Gasteiger partial charge is 0.635 e. The van der Waals surface area contributed by atoms with Crippen molar-refractivity contribution in [2.24, 2.45) is 5.92 Å². The first kappa shape index (κ1) is 21.3. The lowest BCUT2D eigenvalue weighted by molar-refractivity contribution is -0.441. The molecule has 0 amide bonds. The first-order chi connectivity index (χ1) is 10.2. The van der Waals surface area contributed by atoms with Crippen LogP contribution in [-0.2, 0) is 28.2 Å². The molecule has 0 aliphatic heterocycles. The number of hydrogen-bond donors (Lipinski definition) is 3. The SMILES string of the molecule is CC(C)CC/C=C(/CCOP(=O)(OOO)[P+](=O)O)CC(=O)O. The van der Waals surface area contributed by atoms with Crippen LogP contribution in [0, 0.1) is 5.92 Å². The van der Waals surface area contributed by atoms with Gasteiger partial charge in [-0.2, -0.15) is 4.89 Å². The van der Waals surface area contributed by atoms with E-state index >= 15 is 0 Å². The minimum Gasteiger partial charge on any atom is -0.481 e. The predicted octanol–water partition coefficient (Wildman–Crippen LogP) is 3.49. The summed E-state index contributed by atoms with van der Waals surface area (Å²) in [5.74, 6) is -0.561. The highest BCUT2D eigenvalue weighted by atomic mass is 32.1. The molecule has 2 unspecified atom stereocenters. The van der Waals surface area contributed by atoms with E-state index in [0.717, 1.165) is 6.42 Å². The molecule has 22 heavy (non-hydrogen) atoms. The van der Waals surface area contributed by atoms with Crippen LogP contribution >= 0.6 is 15.0 Å². The van der Waals surface area contributed by atoms with E-state index < -0.39 is 21.0 Å². The molecule has 11 heteroatoms. The normalized spacial score (nSPS) is 15.7. The maximum absolute atomic E-state index is 11.6. The van der Waals surface area contributed by atoms with Crippen LogP contribution in [0.25, 0.3) is 0 Å². The molecule has 3 N–H and O–H groups in total. The number of aliphatic carboxylic acids is 1. The number of rotatable bonds is 12. The van der Waals surface area contributed by atoms with Crippen molar-refractivity contribution in [3.05, 3.63) is 11.6 Å². The van der Waals surface area contributed by atoms with Gasteiger partial charge in [0.15, 0.2) is 0 Å².